The Bertz CT molecular complexity index is 554. The first-order valence-corrected chi connectivity index (χ1v) is 6.96. The Morgan fingerprint density at radius 2 is 2.22 bits per heavy atom. The average Bonchev–Trinajstić information content (AvgIpc) is 3.11. The monoisotopic (exact) mass is 270 g/mol. The highest BCUT2D eigenvalue weighted by atomic mass is 32.2. The summed E-state index contributed by atoms with van der Waals surface area (Å²) in [6.45, 7) is -0.298. The van der Waals surface area contributed by atoms with Gasteiger partial charge in [-0.15, -0.1) is 0 Å². The van der Waals surface area contributed by atoms with Gasteiger partial charge in [-0.1, -0.05) is 0 Å². The molecule has 1 aliphatic rings. The molecule has 98 valence electrons. The molecule has 1 aromatic rings. The Balaban J connectivity index is 1.98. The van der Waals surface area contributed by atoms with E-state index < -0.39 is 10.0 Å². The topological polar surface area (TPSA) is 114 Å². The minimum absolute atomic E-state index is 0.0973. The number of carbonyl (C=O) groups excluding carboxylic acids is 1. The van der Waals surface area contributed by atoms with Gasteiger partial charge in [-0.2, -0.15) is 0 Å². The van der Waals surface area contributed by atoms with E-state index in [9.17, 15) is 13.2 Å². The fourth-order valence-corrected chi connectivity index (χ4v) is 2.41. The van der Waals surface area contributed by atoms with Crippen molar-refractivity contribution in [1.82, 2.24) is 15.0 Å². The van der Waals surface area contributed by atoms with Crippen LogP contribution in [0.25, 0.3) is 0 Å². The van der Waals surface area contributed by atoms with E-state index in [0.717, 1.165) is 19.0 Å². The average molecular weight is 270 g/mol. The van der Waals surface area contributed by atoms with Crippen LogP contribution in [-0.4, -0.2) is 31.9 Å². The largest absolute Gasteiger partial charge is 0.398 e. The lowest BCUT2D eigenvalue weighted by molar-refractivity contribution is -0.120. The molecule has 0 bridgehead atoms. The zero-order valence-electron chi connectivity index (χ0n) is 9.59. The van der Waals surface area contributed by atoms with Crippen molar-refractivity contribution >= 4 is 21.6 Å². The van der Waals surface area contributed by atoms with Crippen LogP contribution in [0.2, 0.25) is 0 Å². The third kappa shape index (κ3) is 3.17. The molecule has 1 saturated carbocycles. The number of nitrogen functional groups attached to an aromatic ring is 1. The van der Waals surface area contributed by atoms with E-state index in [1.54, 1.807) is 0 Å². The van der Waals surface area contributed by atoms with Crippen LogP contribution in [-0.2, 0) is 14.8 Å². The summed E-state index contributed by atoms with van der Waals surface area (Å²) in [7, 11) is -3.80. The summed E-state index contributed by atoms with van der Waals surface area (Å²) in [5.41, 5.74) is 5.64. The van der Waals surface area contributed by atoms with Crippen LogP contribution in [0.1, 0.15) is 12.8 Å². The molecule has 1 aromatic heterocycles. The molecule has 0 radical (unpaired) electrons. The van der Waals surface area contributed by atoms with Crippen molar-refractivity contribution < 1.29 is 13.2 Å². The first kappa shape index (κ1) is 12.8. The lowest BCUT2D eigenvalue weighted by Crippen LogP contribution is -2.38. The number of anilines is 1. The predicted molar refractivity (Wildman–Crippen MR) is 65.0 cm³/mol. The molecular formula is C10H14N4O3S. The number of pyridine rings is 1. The number of nitrogens with zero attached hydrogens (tertiary/aromatic N) is 1. The SMILES string of the molecule is Nc1ccncc1S(=O)(=O)NCC(=O)NC1CC1. The van der Waals surface area contributed by atoms with Crippen LogP contribution < -0.4 is 15.8 Å². The molecule has 7 nitrogen and oxygen atoms in total. The van der Waals surface area contributed by atoms with Crippen LogP contribution in [0.5, 0.6) is 0 Å². The number of amides is 1. The highest BCUT2D eigenvalue weighted by Crippen LogP contribution is 2.18. The second kappa shape index (κ2) is 4.91. The maximum Gasteiger partial charge on any atom is 0.244 e. The van der Waals surface area contributed by atoms with Gasteiger partial charge in [0.15, 0.2) is 0 Å². The van der Waals surface area contributed by atoms with E-state index in [1.165, 1.54) is 12.3 Å². The fourth-order valence-electron chi connectivity index (χ4n) is 1.36. The Morgan fingerprint density at radius 1 is 1.50 bits per heavy atom. The Hall–Kier alpha value is -1.67. The van der Waals surface area contributed by atoms with E-state index in [1.807, 2.05) is 0 Å². The van der Waals surface area contributed by atoms with E-state index in [-0.39, 0.29) is 29.1 Å². The first-order chi connectivity index (χ1) is 8.49. The van der Waals surface area contributed by atoms with Crippen LogP contribution in [0.4, 0.5) is 5.69 Å². The standard InChI is InChI=1S/C10H14N4O3S/c11-8-3-4-12-5-9(8)18(16,17)13-6-10(15)14-7-1-2-7/h3-5,7,13H,1-2,6H2,(H2,11,12)(H,14,15). The molecular weight excluding hydrogens is 256 g/mol. The van der Waals surface area contributed by atoms with Crippen molar-refractivity contribution in [3.8, 4) is 0 Å². The third-order valence-electron chi connectivity index (χ3n) is 2.47. The van der Waals surface area contributed by atoms with Crippen molar-refractivity contribution in [2.45, 2.75) is 23.8 Å². The quantitative estimate of drug-likeness (QED) is 0.649. The Morgan fingerprint density at radius 3 is 2.83 bits per heavy atom. The summed E-state index contributed by atoms with van der Waals surface area (Å²) in [6, 6.07) is 1.59. The number of hydrogen-bond donors (Lipinski definition) is 3. The predicted octanol–water partition coefficient (Wildman–Crippen LogP) is -0.779. The van der Waals surface area contributed by atoms with Gasteiger partial charge in [0.05, 0.1) is 12.2 Å². The van der Waals surface area contributed by atoms with Gasteiger partial charge in [0.1, 0.15) is 4.90 Å². The van der Waals surface area contributed by atoms with Gasteiger partial charge in [-0.25, -0.2) is 13.1 Å². The van der Waals surface area contributed by atoms with Crippen LogP contribution in [0.3, 0.4) is 0 Å². The third-order valence-corrected chi connectivity index (χ3v) is 3.92. The summed E-state index contributed by atoms with van der Waals surface area (Å²) >= 11 is 0. The van der Waals surface area contributed by atoms with Gasteiger partial charge in [0.2, 0.25) is 15.9 Å². The normalized spacial score (nSPS) is 15.3. The first-order valence-electron chi connectivity index (χ1n) is 5.47. The minimum atomic E-state index is -3.80. The molecule has 2 rings (SSSR count). The maximum atomic E-state index is 11.8. The summed E-state index contributed by atoms with van der Waals surface area (Å²) in [4.78, 5) is 14.9. The number of sulfonamides is 1. The van der Waals surface area contributed by atoms with Crippen LogP contribution in [0.15, 0.2) is 23.4 Å². The molecule has 0 unspecified atom stereocenters. The Kier molecular flexibility index (Phi) is 3.48. The number of aromatic nitrogens is 1. The number of nitrogens with one attached hydrogen (secondary N) is 2. The Labute approximate surface area is 105 Å². The van der Waals surface area contributed by atoms with Crippen molar-refractivity contribution in [3.63, 3.8) is 0 Å². The molecule has 0 spiro atoms. The fraction of sp³-hybridized carbons (Fsp3) is 0.400. The molecule has 0 saturated heterocycles. The van der Waals surface area contributed by atoms with E-state index in [0.29, 0.717) is 0 Å². The lowest BCUT2D eigenvalue weighted by Gasteiger charge is -2.08. The van der Waals surface area contributed by atoms with Gasteiger partial charge >= 0.3 is 0 Å². The maximum absolute atomic E-state index is 11.8. The molecule has 0 aliphatic heterocycles. The molecule has 1 fully saturated rings. The van der Waals surface area contributed by atoms with E-state index >= 15 is 0 Å². The van der Waals surface area contributed by atoms with E-state index in [2.05, 4.69) is 15.0 Å². The molecule has 4 N–H and O–H groups in total. The molecule has 1 heterocycles. The number of rotatable bonds is 5. The molecule has 0 atom stereocenters. The van der Waals surface area contributed by atoms with Crippen LogP contribution in [0, 0.1) is 0 Å². The molecule has 18 heavy (non-hydrogen) atoms. The second-order valence-corrected chi connectivity index (χ2v) is 5.82. The number of nitrogens with two attached hydrogens (primary N) is 1. The van der Waals surface area contributed by atoms with E-state index in [4.69, 9.17) is 5.73 Å². The highest BCUT2D eigenvalue weighted by molar-refractivity contribution is 7.89. The summed E-state index contributed by atoms with van der Waals surface area (Å²) < 4.78 is 25.9. The molecule has 1 amide bonds. The van der Waals surface area contributed by atoms with Gasteiger partial charge < -0.3 is 11.1 Å². The van der Waals surface area contributed by atoms with Crippen molar-refractivity contribution in [2.24, 2.45) is 0 Å². The molecule has 1 aliphatic carbocycles. The van der Waals surface area contributed by atoms with Gasteiger partial charge in [0.25, 0.3) is 0 Å². The smallest absolute Gasteiger partial charge is 0.244 e. The number of carbonyl (C=O) groups is 1. The molecule has 8 heteroatoms. The van der Waals surface area contributed by atoms with Crippen molar-refractivity contribution in [3.05, 3.63) is 18.5 Å². The summed E-state index contributed by atoms with van der Waals surface area (Å²) in [6.07, 6.45) is 4.45. The minimum Gasteiger partial charge on any atom is -0.398 e. The zero-order valence-corrected chi connectivity index (χ0v) is 10.4. The van der Waals surface area contributed by atoms with Crippen LogP contribution >= 0.6 is 0 Å². The van der Waals surface area contributed by atoms with Crippen molar-refractivity contribution in [2.75, 3.05) is 12.3 Å². The lowest BCUT2D eigenvalue weighted by atomic mass is 10.4. The van der Waals surface area contributed by atoms with Gasteiger partial charge in [-0.05, 0) is 18.9 Å². The van der Waals surface area contributed by atoms with Crippen molar-refractivity contribution in [1.29, 1.82) is 0 Å². The second-order valence-electron chi connectivity index (χ2n) is 4.08. The van der Waals surface area contributed by atoms with Gasteiger partial charge in [0, 0.05) is 18.4 Å². The highest BCUT2D eigenvalue weighted by Gasteiger charge is 2.24. The van der Waals surface area contributed by atoms with Gasteiger partial charge in [-0.3, -0.25) is 9.78 Å². The summed E-state index contributed by atoms with van der Waals surface area (Å²) in [5.74, 6) is -0.344. The zero-order chi connectivity index (χ0) is 13.2. The summed E-state index contributed by atoms with van der Waals surface area (Å²) in [5, 5.41) is 2.68. The molecule has 0 aromatic carbocycles. The number of hydrogen-bond acceptors (Lipinski definition) is 5.